The second-order valence-electron chi connectivity index (χ2n) is 5.97. The number of carboxylic acids is 1. The number of carbonyl (C=O) groups excluding carboxylic acids is 1. The molecule has 1 atom stereocenters. The van der Waals surface area contributed by atoms with Crippen molar-refractivity contribution in [1.82, 2.24) is 9.80 Å². The van der Waals surface area contributed by atoms with Crippen LogP contribution in [-0.4, -0.2) is 58.5 Å². The number of likely N-dealkylation sites (N-methyl/N-ethyl adjacent to an activating group) is 1. The maximum Gasteiger partial charge on any atom is 0.323 e. The molecule has 1 aliphatic heterocycles. The van der Waals surface area contributed by atoms with Crippen molar-refractivity contribution in [3.8, 4) is 0 Å². The van der Waals surface area contributed by atoms with E-state index in [1.165, 1.54) is 6.42 Å². The minimum absolute atomic E-state index is 0.0442. The molecule has 0 aromatic heterocycles. The standard InChI is InChI=1S/C14H26N2O3/c1-5-16(14(3,4)13(18)19)10-12(17)15-8-6-7-11(2)9-15/h11H,5-10H2,1-4H3,(H,18,19). The Morgan fingerprint density at radius 3 is 2.53 bits per heavy atom. The number of hydrogen-bond acceptors (Lipinski definition) is 3. The van der Waals surface area contributed by atoms with Crippen LogP contribution in [0.3, 0.4) is 0 Å². The topological polar surface area (TPSA) is 60.9 Å². The first-order chi connectivity index (χ1) is 8.78. The Balaban J connectivity index is 2.65. The van der Waals surface area contributed by atoms with Crippen LogP contribution < -0.4 is 0 Å². The van der Waals surface area contributed by atoms with Gasteiger partial charge in [-0.15, -0.1) is 0 Å². The van der Waals surface area contributed by atoms with Crippen LogP contribution in [-0.2, 0) is 9.59 Å². The third-order valence-corrected chi connectivity index (χ3v) is 4.03. The molecule has 0 spiro atoms. The Kier molecular flexibility index (Phi) is 5.35. The largest absolute Gasteiger partial charge is 0.480 e. The lowest BCUT2D eigenvalue weighted by Crippen LogP contribution is -2.54. The third-order valence-electron chi connectivity index (χ3n) is 4.03. The van der Waals surface area contributed by atoms with Crippen molar-refractivity contribution in [3.63, 3.8) is 0 Å². The number of carboxylic acid groups (broad SMARTS) is 1. The molecule has 1 rings (SSSR count). The zero-order valence-corrected chi connectivity index (χ0v) is 12.5. The predicted octanol–water partition coefficient (Wildman–Crippen LogP) is 1.43. The van der Waals surface area contributed by atoms with Gasteiger partial charge in [0.25, 0.3) is 0 Å². The molecule has 0 aromatic rings. The smallest absolute Gasteiger partial charge is 0.323 e. The van der Waals surface area contributed by atoms with E-state index in [9.17, 15) is 14.7 Å². The highest BCUT2D eigenvalue weighted by atomic mass is 16.4. The van der Waals surface area contributed by atoms with Gasteiger partial charge in [-0.3, -0.25) is 14.5 Å². The second-order valence-corrected chi connectivity index (χ2v) is 5.97. The number of piperidine rings is 1. The van der Waals surface area contributed by atoms with Gasteiger partial charge in [-0.2, -0.15) is 0 Å². The lowest BCUT2D eigenvalue weighted by molar-refractivity contribution is -0.151. The molecule has 1 fully saturated rings. The number of rotatable bonds is 5. The molecule has 1 saturated heterocycles. The number of carbonyl (C=O) groups is 2. The molecule has 0 aliphatic carbocycles. The van der Waals surface area contributed by atoms with E-state index in [0.717, 1.165) is 19.5 Å². The molecule has 110 valence electrons. The Morgan fingerprint density at radius 1 is 1.42 bits per heavy atom. The molecule has 1 heterocycles. The lowest BCUT2D eigenvalue weighted by Gasteiger charge is -2.37. The van der Waals surface area contributed by atoms with Crippen molar-refractivity contribution in [2.45, 2.75) is 46.1 Å². The van der Waals surface area contributed by atoms with Gasteiger partial charge in [-0.05, 0) is 39.2 Å². The minimum Gasteiger partial charge on any atom is -0.480 e. The van der Waals surface area contributed by atoms with Crippen molar-refractivity contribution in [3.05, 3.63) is 0 Å². The molecule has 0 radical (unpaired) electrons. The monoisotopic (exact) mass is 270 g/mol. The van der Waals surface area contributed by atoms with E-state index in [2.05, 4.69) is 6.92 Å². The lowest BCUT2D eigenvalue weighted by atomic mass is 9.99. The van der Waals surface area contributed by atoms with E-state index < -0.39 is 11.5 Å². The first-order valence-electron chi connectivity index (χ1n) is 7.05. The molecule has 0 saturated carbocycles. The Hall–Kier alpha value is -1.10. The van der Waals surface area contributed by atoms with Crippen LogP contribution in [0.4, 0.5) is 0 Å². The Bertz CT molecular complexity index is 342. The second kappa shape index (κ2) is 6.37. The van der Waals surface area contributed by atoms with Crippen LogP contribution in [0.15, 0.2) is 0 Å². The van der Waals surface area contributed by atoms with Gasteiger partial charge < -0.3 is 10.0 Å². The summed E-state index contributed by atoms with van der Waals surface area (Å²) in [6.45, 7) is 9.65. The summed E-state index contributed by atoms with van der Waals surface area (Å²) in [7, 11) is 0. The van der Waals surface area contributed by atoms with Crippen LogP contribution >= 0.6 is 0 Å². The fourth-order valence-corrected chi connectivity index (χ4v) is 2.52. The van der Waals surface area contributed by atoms with Crippen molar-refractivity contribution in [2.24, 2.45) is 5.92 Å². The van der Waals surface area contributed by atoms with Gasteiger partial charge in [0.15, 0.2) is 0 Å². The number of amides is 1. The zero-order valence-electron chi connectivity index (χ0n) is 12.5. The highest BCUT2D eigenvalue weighted by Gasteiger charge is 2.35. The molecule has 1 unspecified atom stereocenters. The van der Waals surface area contributed by atoms with E-state index in [1.807, 2.05) is 11.8 Å². The summed E-state index contributed by atoms with van der Waals surface area (Å²) in [6.07, 6.45) is 2.21. The molecule has 1 aliphatic rings. The van der Waals surface area contributed by atoms with Gasteiger partial charge in [0.1, 0.15) is 5.54 Å². The molecule has 19 heavy (non-hydrogen) atoms. The van der Waals surface area contributed by atoms with E-state index in [-0.39, 0.29) is 12.5 Å². The van der Waals surface area contributed by atoms with Crippen LogP contribution in [0, 0.1) is 5.92 Å². The summed E-state index contributed by atoms with van der Waals surface area (Å²) >= 11 is 0. The fourth-order valence-electron chi connectivity index (χ4n) is 2.52. The zero-order chi connectivity index (χ0) is 14.6. The molecule has 0 aromatic carbocycles. The van der Waals surface area contributed by atoms with E-state index in [0.29, 0.717) is 12.5 Å². The van der Waals surface area contributed by atoms with E-state index >= 15 is 0 Å². The van der Waals surface area contributed by atoms with Gasteiger partial charge in [0, 0.05) is 13.1 Å². The molecule has 5 heteroatoms. The molecule has 1 amide bonds. The summed E-state index contributed by atoms with van der Waals surface area (Å²) in [6, 6.07) is 0. The summed E-state index contributed by atoms with van der Waals surface area (Å²) in [5.41, 5.74) is -1.01. The molecular weight excluding hydrogens is 244 g/mol. The average Bonchev–Trinajstić information content (AvgIpc) is 2.35. The van der Waals surface area contributed by atoms with Gasteiger partial charge >= 0.3 is 5.97 Å². The molecule has 0 bridgehead atoms. The van der Waals surface area contributed by atoms with Crippen LogP contribution in [0.25, 0.3) is 0 Å². The first-order valence-corrected chi connectivity index (χ1v) is 7.05. The van der Waals surface area contributed by atoms with Crippen LogP contribution in [0.2, 0.25) is 0 Å². The Labute approximate surface area is 115 Å². The highest BCUT2D eigenvalue weighted by molar-refractivity contribution is 5.81. The maximum absolute atomic E-state index is 12.3. The van der Waals surface area contributed by atoms with Gasteiger partial charge in [0.2, 0.25) is 5.91 Å². The minimum atomic E-state index is -1.01. The number of hydrogen-bond donors (Lipinski definition) is 1. The average molecular weight is 270 g/mol. The summed E-state index contributed by atoms with van der Waals surface area (Å²) in [4.78, 5) is 27.1. The van der Waals surface area contributed by atoms with Crippen molar-refractivity contribution >= 4 is 11.9 Å². The summed E-state index contributed by atoms with van der Waals surface area (Å²) < 4.78 is 0. The number of aliphatic carboxylic acids is 1. The van der Waals surface area contributed by atoms with Gasteiger partial charge in [-0.25, -0.2) is 0 Å². The quantitative estimate of drug-likeness (QED) is 0.821. The maximum atomic E-state index is 12.3. The van der Waals surface area contributed by atoms with Crippen molar-refractivity contribution in [1.29, 1.82) is 0 Å². The van der Waals surface area contributed by atoms with E-state index in [4.69, 9.17) is 0 Å². The molecular formula is C14H26N2O3. The summed E-state index contributed by atoms with van der Waals surface area (Å²) in [5.74, 6) is -0.308. The van der Waals surface area contributed by atoms with E-state index in [1.54, 1.807) is 18.7 Å². The molecule has 5 nitrogen and oxygen atoms in total. The van der Waals surface area contributed by atoms with Crippen molar-refractivity contribution in [2.75, 3.05) is 26.2 Å². The van der Waals surface area contributed by atoms with Gasteiger partial charge in [-0.1, -0.05) is 13.8 Å². The van der Waals surface area contributed by atoms with Crippen molar-refractivity contribution < 1.29 is 14.7 Å². The normalized spacial score (nSPS) is 20.7. The SMILES string of the molecule is CCN(CC(=O)N1CCCC(C)C1)C(C)(C)C(=O)O. The molecule has 1 N–H and O–H groups in total. The third kappa shape index (κ3) is 3.93. The summed E-state index contributed by atoms with van der Waals surface area (Å²) in [5, 5.41) is 9.24. The number of likely N-dealkylation sites (tertiary alicyclic amines) is 1. The first kappa shape index (κ1) is 16.0. The number of nitrogens with zero attached hydrogens (tertiary/aromatic N) is 2. The fraction of sp³-hybridized carbons (Fsp3) is 0.857. The predicted molar refractivity (Wildman–Crippen MR) is 73.9 cm³/mol. The Morgan fingerprint density at radius 2 is 2.05 bits per heavy atom. The van der Waals surface area contributed by atoms with Crippen LogP contribution in [0.1, 0.15) is 40.5 Å². The van der Waals surface area contributed by atoms with Crippen LogP contribution in [0.5, 0.6) is 0 Å². The highest BCUT2D eigenvalue weighted by Crippen LogP contribution is 2.18. The van der Waals surface area contributed by atoms with Gasteiger partial charge in [0.05, 0.1) is 6.54 Å².